The van der Waals surface area contributed by atoms with E-state index in [-0.39, 0.29) is 18.1 Å². The number of benzene rings is 1. The van der Waals surface area contributed by atoms with Gasteiger partial charge in [0, 0.05) is 25.8 Å². The minimum atomic E-state index is -2.99. The van der Waals surface area contributed by atoms with Crippen molar-refractivity contribution in [2.75, 3.05) is 37.5 Å². The highest BCUT2D eigenvalue weighted by atomic mass is 32.2. The fourth-order valence-corrected chi connectivity index (χ4v) is 2.27. The van der Waals surface area contributed by atoms with Crippen molar-refractivity contribution in [2.45, 2.75) is 6.42 Å². The van der Waals surface area contributed by atoms with Crippen LogP contribution in [0.1, 0.15) is 12.0 Å². The van der Waals surface area contributed by atoms with Crippen molar-refractivity contribution >= 4 is 21.4 Å². The second-order valence-corrected chi connectivity index (χ2v) is 7.15. The Labute approximate surface area is 125 Å². The molecule has 1 N–H and O–H groups in total. The van der Waals surface area contributed by atoms with Crippen LogP contribution in [-0.2, 0) is 14.6 Å². The Bertz CT molecular complexity index is 635. The molecule has 0 aliphatic heterocycles. The van der Waals surface area contributed by atoms with Gasteiger partial charge in [-0.05, 0) is 19.2 Å². The van der Waals surface area contributed by atoms with Gasteiger partial charge in [0.05, 0.1) is 17.0 Å². The van der Waals surface area contributed by atoms with Gasteiger partial charge in [0.2, 0.25) is 5.91 Å². The molecule has 1 aromatic rings. The minimum absolute atomic E-state index is 0.0718. The van der Waals surface area contributed by atoms with Crippen molar-refractivity contribution in [3.63, 3.8) is 0 Å². The van der Waals surface area contributed by atoms with Gasteiger partial charge in [0.15, 0.2) is 0 Å². The van der Waals surface area contributed by atoms with E-state index in [0.29, 0.717) is 24.3 Å². The van der Waals surface area contributed by atoms with Crippen LogP contribution >= 0.6 is 0 Å². The van der Waals surface area contributed by atoms with Crippen molar-refractivity contribution in [3.8, 4) is 6.07 Å². The van der Waals surface area contributed by atoms with Gasteiger partial charge >= 0.3 is 0 Å². The number of hydrogen-bond acceptors (Lipinski definition) is 5. The third-order valence-electron chi connectivity index (χ3n) is 2.89. The summed E-state index contributed by atoms with van der Waals surface area (Å²) < 4.78 is 22.1. The predicted octanol–water partition coefficient (Wildman–Crippen LogP) is 0.863. The average Bonchev–Trinajstić information content (AvgIpc) is 2.42. The van der Waals surface area contributed by atoms with E-state index in [1.54, 1.807) is 36.2 Å². The molecule has 114 valence electrons. The molecule has 6 nitrogen and oxygen atoms in total. The molecule has 0 heterocycles. The number of hydrogen-bond donors (Lipinski definition) is 1. The van der Waals surface area contributed by atoms with Gasteiger partial charge in [0.1, 0.15) is 15.9 Å². The zero-order chi connectivity index (χ0) is 15.9. The summed E-state index contributed by atoms with van der Waals surface area (Å²) in [4.78, 5) is 13.6. The fourth-order valence-electron chi connectivity index (χ4n) is 1.63. The molecule has 21 heavy (non-hydrogen) atoms. The van der Waals surface area contributed by atoms with E-state index in [1.165, 1.54) is 6.26 Å². The number of nitriles is 1. The number of nitrogens with one attached hydrogen (secondary N) is 1. The van der Waals surface area contributed by atoms with Gasteiger partial charge in [-0.15, -0.1) is 0 Å². The summed E-state index contributed by atoms with van der Waals surface area (Å²) in [7, 11) is -1.23. The number of anilines is 1. The smallest absolute Gasteiger partial charge is 0.225 e. The molecule has 0 spiro atoms. The van der Waals surface area contributed by atoms with Gasteiger partial charge < -0.3 is 10.2 Å². The summed E-state index contributed by atoms with van der Waals surface area (Å²) >= 11 is 0. The maximum Gasteiger partial charge on any atom is 0.225 e. The minimum Gasteiger partial charge on any atom is -0.325 e. The highest BCUT2D eigenvalue weighted by Crippen LogP contribution is 2.13. The summed E-state index contributed by atoms with van der Waals surface area (Å²) in [6.45, 7) is 0.844. The Morgan fingerprint density at radius 3 is 2.62 bits per heavy atom. The molecular weight excluding hydrogens is 290 g/mol. The number of rotatable bonds is 7. The quantitative estimate of drug-likeness (QED) is 0.807. The molecule has 1 amide bonds. The topological polar surface area (TPSA) is 90.3 Å². The van der Waals surface area contributed by atoms with Crippen molar-refractivity contribution in [1.82, 2.24) is 4.90 Å². The molecule has 0 bridgehead atoms. The normalized spacial score (nSPS) is 11.1. The molecule has 0 aliphatic rings. The number of amides is 1. The molecule has 0 fully saturated rings. The first kappa shape index (κ1) is 17.1. The van der Waals surface area contributed by atoms with Crippen molar-refractivity contribution < 1.29 is 13.2 Å². The fraction of sp³-hybridized carbons (Fsp3) is 0.429. The lowest BCUT2D eigenvalue weighted by molar-refractivity contribution is -0.116. The van der Waals surface area contributed by atoms with Gasteiger partial charge in [-0.2, -0.15) is 5.26 Å². The molecule has 0 atom stereocenters. The maximum absolute atomic E-state index is 11.8. The summed E-state index contributed by atoms with van der Waals surface area (Å²) in [6.07, 6.45) is 1.42. The molecule has 0 aliphatic carbocycles. The van der Waals surface area contributed by atoms with Crippen LogP contribution in [-0.4, -0.2) is 51.4 Å². The lowest BCUT2D eigenvalue weighted by Gasteiger charge is -2.15. The number of nitrogens with zero attached hydrogens (tertiary/aromatic N) is 2. The van der Waals surface area contributed by atoms with Crippen molar-refractivity contribution in [2.24, 2.45) is 0 Å². The van der Waals surface area contributed by atoms with Gasteiger partial charge in [-0.3, -0.25) is 4.79 Å². The molecule has 7 heteroatoms. The van der Waals surface area contributed by atoms with E-state index in [2.05, 4.69) is 5.32 Å². The van der Waals surface area contributed by atoms with Crippen LogP contribution in [0.15, 0.2) is 24.3 Å². The third-order valence-corrected chi connectivity index (χ3v) is 3.81. The average molecular weight is 309 g/mol. The molecule has 1 aromatic carbocycles. The van der Waals surface area contributed by atoms with Crippen LogP contribution in [0.5, 0.6) is 0 Å². The molecule has 0 aromatic heterocycles. The van der Waals surface area contributed by atoms with Gasteiger partial charge in [0.25, 0.3) is 0 Å². The number of carbonyl (C=O) groups excluding carboxylic acids is 1. The molecule has 0 radical (unpaired) electrons. The van der Waals surface area contributed by atoms with Crippen LogP contribution in [0, 0.1) is 11.3 Å². The first-order valence-electron chi connectivity index (χ1n) is 6.47. The Morgan fingerprint density at radius 2 is 2.00 bits per heavy atom. The summed E-state index contributed by atoms with van der Waals surface area (Å²) in [5, 5.41) is 11.6. The van der Waals surface area contributed by atoms with Crippen LogP contribution in [0.3, 0.4) is 0 Å². The highest BCUT2D eigenvalue weighted by Gasteiger charge is 2.09. The molecule has 1 rings (SSSR count). The molecule has 0 saturated heterocycles. The Balaban J connectivity index is 2.43. The zero-order valence-corrected chi connectivity index (χ0v) is 13.0. The standard InChI is InChI=1S/C14H19N3O3S/c1-17(9-10-21(2,19)20)8-7-14(18)16-13-6-4-3-5-12(13)11-15/h3-6H,7-10H2,1-2H3,(H,16,18). The van der Waals surface area contributed by atoms with Crippen LogP contribution < -0.4 is 5.32 Å². The van der Waals surface area contributed by atoms with Crippen molar-refractivity contribution in [3.05, 3.63) is 29.8 Å². The lowest BCUT2D eigenvalue weighted by Crippen LogP contribution is -2.28. The summed E-state index contributed by atoms with van der Waals surface area (Å²) in [5.41, 5.74) is 0.903. The number of carbonyl (C=O) groups is 1. The van der Waals surface area contributed by atoms with E-state index >= 15 is 0 Å². The second kappa shape index (κ2) is 7.76. The Hall–Kier alpha value is -1.91. The number of para-hydroxylation sites is 1. The van der Waals surface area contributed by atoms with Gasteiger partial charge in [-0.25, -0.2) is 8.42 Å². The zero-order valence-electron chi connectivity index (χ0n) is 12.2. The number of sulfone groups is 1. The highest BCUT2D eigenvalue weighted by molar-refractivity contribution is 7.90. The van der Waals surface area contributed by atoms with Crippen molar-refractivity contribution in [1.29, 1.82) is 5.26 Å². The van der Waals surface area contributed by atoms with E-state index in [1.807, 2.05) is 6.07 Å². The Kier molecular flexibility index (Phi) is 6.34. The van der Waals surface area contributed by atoms with Gasteiger partial charge in [-0.1, -0.05) is 12.1 Å². The second-order valence-electron chi connectivity index (χ2n) is 4.89. The Morgan fingerprint density at radius 1 is 1.33 bits per heavy atom. The van der Waals surface area contributed by atoms with E-state index in [0.717, 1.165) is 0 Å². The lowest BCUT2D eigenvalue weighted by atomic mass is 10.2. The predicted molar refractivity (Wildman–Crippen MR) is 81.6 cm³/mol. The molecule has 0 saturated carbocycles. The summed E-state index contributed by atoms with van der Waals surface area (Å²) in [6, 6.07) is 8.79. The molecular formula is C14H19N3O3S. The van der Waals surface area contributed by atoms with E-state index in [9.17, 15) is 13.2 Å². The monoisotopic (exact) mass is 309 g/mol. The van der Waals surface area contributed by atoms with Crippen LogP contribution in [0.2, 0.25) is 0 Å². The van der Waals surface area contributed by atoms with Crippen LogP contribution in [0.25, 0.3) is 0 Å². The SMILES string of the molecule is CN(CCC(=O)Nc1ccccc1C#N)CCS(C)(=O)=O. The maximum atomic E-state index is 11.8. The summed E-state index contributed by atoms with van der Waals surface area (Å²) in [5.74, 6) is -0.133. The molecule has 0 unspecified atom stereocenters. The third kappa shape index (κ3) is 6.88. The van der Waals surface area contributed by atoms with Crippen LogP contribution in [0.4, 0.5) is 5.69 Å². The van der Waals surface area contributed by atoms with E-state index < -0.39 is 9.84 Å². The first-order valence-corrected chi connectivity index (χ1v) is 8.53. The first-order chi connectivity index (χ1) is 9.81. The largest absolute Gasteiger partial charge is 0.325 e. The van der Waals surface area contributed by atoms with E-state index in [4.69, 9.17) is 5.26 Å².